The van der Waals surface area contributed by atoms with Crippen LogP contribution in [0, 0.1) is 5.92 Å². The van der Waals surface area contributed by atoms with Crippen LogP contribution in [0.4, 0.5) is 0 Å². The molecule has 1 aliphatic rings. The van der Waals surface area contributed by atoms with Gasteiger partial charge in [-0.1, -0.05) is 31.5 Å². The van der Waals surface area contributed by atoms with Crippen LogP contribution in [-0.4, -0.2) is 32.7 Å². The van der Waals surface area contributed by atoms with Crippen molar-refractivity contribution in [2.45, 2.75) is 38.6 Å². The number of aliphatic imine (C=N–C) groups is 1. The molecule has 124 valence electrons. The number of para-hydroxylation sites is 1. The third kappa shape index (κ3) is 5.66. The minimum Gasteiger partial charge on any atom is -0.496 e. The Kier molecular flexibility index (Phi) is 8.60. The van der Waals surface area contributed by atoms with Gasteiger partial charge in [-0.2, -0.15) is 0 Å². The van der Waals surface area contributed by atoms with Crippen molar-refractivity contribution in [3.8, 4) is 5.75 Å². The van der Waals surface area contributed by atoms with Crippen molar-refractivity contribution < 1.29 is 4.74 Å². The van der Waals surface area contributed by atoms with Crippen LogP contribution in [0.5, 0.6) is 5.75 Å². The molecule has 2 N–H and O–H groups in total. The Bertz CT molecular complexity index is 479. The van der Waals surface area contributed by atoms with Crippen LogP contribution in [0.15, 0.2) is 29.3 Å². The molecule has 2 unspecified atom stereocenters. The zero-order valence-corrected chi connectivity index (χ0v) is 16.1. The molecule has 0 spiro atoms. The van der Waals surface area contributed by atoms with E-state index < -0.39 is 0 Å². The van der Waals surface area contributed by atoms with Crippen LogP contribution < -0.4 is 15.4 Å². The van der Waals surface area contributed by atoms with Gasteiger partial charge in [0, 0.05) is 19.6 Å². The first-order chi connectivity index (χ1) is 10.3. The maximum atomic E-state index is 5.37. The molecule has 1 aliphatic carbocycles. The Morgan fingerprint density at radius 1 is 1.36 bits per heavy atom. The van der Waals surface area contributed by atoms with Crippen LogP contribution in [0.1, 0.15) is 31.7 Å². The summed E-state index contributed by atoms with van der Waals surface area (Å²) in [6.07, 6.45) is 4.79. The third-order valence-electron chi connectivity index (χ3n) is 4.01. The highest BCUT2D eigenvalue weighted by Crippen LogP contribution is 2.34. The summed E-state index contributed by atoms with van der Waals surface area (Å²) in [5.74, 6) is 2.70. The molecule has 0 aromatic heterocycles. The Labute approximate surface area is 151 Å². The maximum absolute atomic E-state index is 5.37. The summed E-state index contributed by atoms with van der Waals surface area (Å²) in [7, 11) is 3.54. The fourth-order valence-corrected chi connectivity index (χ4v) is 2.71. The molecule has 4 nitrogen and oxygen atoms in total. The van der Waals surface area contributed by atoms with Gasteiger partial charge in [-0.05, 0) is 36.8 Å². The number of nitrogens with one attached hydrogen (secondary N) is 2. The van der Waals surface area contributed by atoms with E-state index in [1.165, 1.54) is 24.8 Å². The van der Waals surface area contributed by atoms with E-state index in [1.807, 2.05) is 25.2 Å². The molecule has 2 atom stereocenters. The van der Waals surface area contributed by atoms with Gasteiger partial charge in [-0.25, -0.2) is 0 Å². The van der Waals surface area contributed by atoms with Crippen LogP contribution in [0.25, 0.3) is 0 Å². The Morgan fingerprint density at radius 3 is 2.82 bits per heavy atom. The predicted molar refractivity (Wildman–Crippen MR) is 103 cm³/mol. The Balaban J connectivity index is 0.00000242. The molecule has 5 heteroatoms. The predicted octanol–water partition coefficient (Wildman–Crippen LogP) is 3.21. The lowest BCUT2D eigenvalue weighted by atomic mass is 10.1. The molecule has 0 aliphatic heterocycles. The second kappa shape index (κ2) is 9.92. The molecule has 1 saturated carbocycles. The lowest BCUT2D eigenvalue weighted by Crippen LogP contribution is -2.40. The summed E-state index contributed by atoms with van der Waals surface area (Å²) in [6.45, 7) is 3.10. The highest BCUT2D eigenvalue weighted by Gasteiger charge is 2.36. The Hall–Kier alpha value is -0.980. The van der Waals surface area contributed by atoms with Gasteiger partial charge >= 0.3 is 0 Å². The van der Waals surface area contributed by atoms with Gasteiger partial charge in [-0.15, -0.1) is 24.0 Å². The largest absolute Gasteiger partial charge is 0.496 e. The number of methoxy groups -OCH3 is 1. The summed E-state index contributed by atoms with van der Waals surface area (Å²) < 4.78 is 5.37. The average molecular weight is 417 g/mol. The van der Waals surface area contributed by atoms with Gasteiger partial charge in [0.25, 0.3) is 0 Å². The molecule has 2 rings (SSSR count). The minimum atomic E-state index is 0. The zero-order chi connectivity index (χ0) is 15.1. The van der Waals surface area contributed by atoms with E-state index in [2.05, 4.69) is 28.6 Å². The average Bonchev–Trinajstić information content (AvgIpc) is 3.25. The molecule has 0 saturated heterocycles. The molecule has 1 aromatic carbocycles. The fraction of sp³-hybridized carbons (Fsp3) is 0.588. The summed E-state index contributed by atoms with van der Waals surface area (Å²) in [6, 6.07) is 8.76. The first-order valence-corrected chi connectivity index (χ1v) is 7.87. The zero-order valence-electron chi connectivity index (χ0n) is 13.8. The molecule has 0 bridgehead atoms. The molecule has 0 amide bonds. The van der Waals surface area contributed by atoms with Gasteiger partial charge < -0.3 is 15.4 Å². The second-order valence-corrected chi connectivity index (χ2v) is 5.60. The summed E-state index contributed by atoms with van der Waals surface area (Å²) in [5, 5.41) is 6.88. The lowest BCUT2D eigenvalue weighted by Gasteiger charge is -2.13. The van der Waals surface area contributed by atoms with E-state index >= 15 is 0 Å². The van der Waals surface area contributed by atoms with Crippen molar-refractivity contribution in [2.75, 3.05) is 20.7 Å². The lowest BCUT2D eigenvalue weighted by molar-refractivity contribution is 0.409. The maximum Gasteiger partial charge on any atom is 0.191 e. The van der Waals surface area contributed by atoms with E-state index in [4.69, 9.17) is 4.74 Å². The summed E-state index contributed by atoms with van der Waals surface area (Å²) >= 11 is 0. The van der Waals surface area contributed by atoms with Crippen LogP contribution in [0.2, 0.25) is 0 Å². The van der Waals surface area contributed by atoms with Crippen molar-refractivity contribution >= 4 is 29.9 Å². The normalized spacial score (nSPS) is 20.0. The quantitative estimate of drug-likeness (QED) is 0.407. The van der Waals surface area contributed by atoms with E-state index in [0.29, 0.717) is 6.04 Å². The smallest absolute Gasteiger partial charge is 0.191 e. The van der Waals surface area contributed by atoms with Crippen molar-refractivity contribution in [3.63, 3.8) is 0 Å². The highest BCUT2D eigenvalue weighted by molar-refractivity contribution is 14.0. The van der Waals surface area contributed by atoms with E-state index in [-0.39, 0.29) is 24.0 Å². The number of hydrogen-bond acceptors (Lipinski definition) is 2. The van der Waals surface area contributed by atoms with Gasteiger partial charge in [0.2, 0.25) is 0 Å². The van der Waals surface area contributed by atoms with Crippen molar-refractivity contribution in [3.05, 3.63) is 29.8 Å². The number of hydrogen-bond donors (Lipinski definition) is 2. The number of nitrogens with zero attached hydrogens (tertiary/aromatic N) is 1. The van der Waals surface area contributed by atoms with E-state index in [1.54, 1.807) is 7.11 Å². The number of benzene rings is 1. The topological polar surface area (TPSA) is 45.7 Å². The Morgan fingerprint density at radius 2 is 2.14 bits per heavy atom. The third-order valence-corrected chi connectivity index (χ3v) is 4.01. The fourth-order valence-electron chi connectivity index (χ4n) is 2.71. The van der Waals surface area contributed by atoms with E-state index in [0.717, 1.165) is 30.6 Å². The summed E-state index contributed by atoms with van der Waals surface area (Å²) in [4.78, 5) is 4.30. The SMILES string of the molecule is CCCC1CC1NC(=NC)NCCc1ccccc1OC.I. The molecule has 0 heterocycles. The molecular formula is C17H28IN3O. The van der Waals surface area contributed by atoms with Crippen molar-refractivity contribution in [1.29, 1.82) is 0 Å². The van der Waals surface area contributed by atoms with Crippen LogP contribution >= 0.6 is 24.0 Å². The molecule has 1 fully saturated rings. The van der Waals surface area contributed by atoms with Crippen LogP contribution in [-0.2, 0) is 6.42 Å². The molecule has 1 aromatic rings. The molecule has 0 radical (unpaired) electrons. The summed E-state index contributed by atoms with van der Waals surface area (Å²) in [5.41, 5.74) is 1.22. The molecule has 22 heavy (non-hydrogen) atoms. The number of rotatable bonds is 7. The van der Waals surface area contributed by atoms with Crippen molar-refractivity contribution in [2.24, 2.45) is 10.9 Å². The second-order valence-electron chi connectivity index (χ2n) is 5.60. The van der Waals surface area contributed by atoms with Gasteiger partial charge in [-0.3, -0.25) is 4.99 Å². The van der Waals surface area contributed by atoms with Gasteiger partial charge in [0.1, 0.15) is 5.75 Å². The standard InChI is InChI=1S/C17H27N3O.HI/c1-4-7-14-12-15(14)20-17(18-2)19-11-10-13-8-5-6-9-16(13)21-3;/h5-6,8-9,14-15H,4,7,10-12H2,1-3H3,(H2,18,19,20);1H. The van der Waals surface area contributed by atoms with Crippen LogP contribution in [0.3, 0.4) is 0 Å². The molecular weight excluding hydrogens is 389 g/mol. The first-order valence-electron chi connectivity index (χ1n) is 7.87. The van der Waals surface area contributed by atoms with Gasteiger partial charge in [0.15, 0.2) is 5.96 Å². The van der Waals surface area contributed by atoms with Gasteiger partial charge in [0.05, 0.1) is 7.11 Å². The number of ether oxygens (including phenoxy) is 1. The number of halogens is 1. The number of guanidine groups is 1. The van der Waals surface area contributed by atoms with E-state index in [9.17, 15) is 0 Å². The monoisotopic (exact) mass is 417 g/mol. The first kappa shape index (κ1) is 19.1. The van der Waals surface area contributed by atoms with Crippen molar-refractivity contribution in [1.82, 2.24) is 10.6 Å². The minimum absolute atomic E-state index is 0. The highest BCUT2D eigenvalue weighted by atomic mass is 127.